The predicted octanol–water partition coefficient (Wildman–Crippen LogP) is 3.35. The molecule has 0 bridgehead atoms. The van der Waals surface area contributed by atoms with Crippen LogP contribution in [0, 0.1) is 0 Å². The zero-order chi connectivity index (χ0) is 16.8. The van der Waals surface area contributed by atoms with Crippen molar-refractivity contribution in [2.75, 3.05) is 13.7 Å². The fraction of sp³-hybridized carbons (Fsp3) is 0.562. The van der Waals surface area contributed by atoms with Gasteiger partial charge in [0.15, 0.2) is 0 Å². The number of alkyl carbamates (subject to hydrolysis) is 1. The van der Waals surface area contributed by atoms with E-state index in [9.17, 15) is 4.79 Å². The third kappa shape index (κ3) is 7.00. The first kappa shape index (κ1) is 18.6. The summed E-state index contributed by atoms with van der Waals surface area (Å²) in [5.74, 6) is 0.658. The van der Waals surface area contributed by atoms with Gasteiger partial charge < -0.3 is 20.1 Å². The fourth-order valence-electron chi connectivity index (χ4n) is 1.81. The highest BCUT2D eigenvalue weighted by molar-refractivity contribution is 6.32. The number of nitrogens with one attached hydrogen (secondary N) is 2. The van der Waals surface area contributed by atoms with Gasteiger partial charge in [0.2, 0.25) is 0 Å². The molecule has 0 aliphatic carbocycles. The maximum atomic E-state index is 11.6. The Morgan fingerprint density at radius 2 is 2.05 bits per heavy atom. The molecule has 22 heavy (non-hydrogen) atoms. The van der Waals surface area contributed by atoms with Gasteiger partial charge in [-0.05, 0) is 45.4 Å². The van der Waals surface area contributed by atoms with Gasteiger partial charge in [-0.15, -0.1) is 0 Å². The second-order valence-electron chi connectivity index (χ2n) is 6.15. The molecule has 0 aliphatic heterocycles. The van der Waals surface area contributed by atoms with Crippen LogP contribution in [0.3, 0.4) is 0 Å². The van der Waals surface area contributed by atoms with Crippen LogP contribution < -0.4 is 15.4 Å². The number of hydrogen-bond acceptors (Lipinski definition) is 4. The summed E-state index contributed by atoms with van der Waals surface area (Å²) in [5.41, 5.74) is 0.562. The molecule has 5 nitrogen and oxygen atoms in total. The first-order chi connectivity index (χ1) is 10.2. The third-order valence-electron chi connectivity index (χ3n) is 2.76. The van der Waals surface area contributed by atoms with Crippen LogP contribution in [0.2, 0.25) is 5.02 Å². The summed E-state index contributed by atoms with van der Waals surface area (Å²) in [6, 6.07) is 5.61. The van der Waals surface area contributed by atoms with E-state index in [0.717, 1.165) is 5.56 Å². The van der Waals surface area contributed by atoms with Crippen LogP contribution in [0.15, 0.2) is 18.2 Å². The monoisotopic (exact) mass is 328 g/mol. The summed E-state index contributed by atoms with van der Waals surface area (Å²) in [6.45, 7) is 8.71. The van der Waals surface area contributed by atoms with Gasteiger partial charge in [-0.3, -0.25) is 0 Å². The maximum Gasteiger partial charge on any atom is 0.407 e. The number of ether oxygens (including phenoxy) is 2. The van der Waals surface area contributed by atoms with Crippen LogP contribution in [0.4, 0.5) is 4.79 Å². The van der Waals surface area contributed by atoms with Crippen molar-refractivity contribution >= 4 is 17.7 Å². The summed E-state index contributed by atoms with van der Waals surface area (Å²) in [6.07, 6.45) is -0.408. The van der Waals surface area contributed by atoms with Crippen molar-refractivity contribution in [3.05, 3.63) is 28.8 Å². The molecule has 0 fully saturated rings. The highest BCUT2D eigenvalue weighted by atomic mass is 35.5. The number of carbonyl (C=O) groups excluding carboxylic acids is 1. The van der Waals surface area contributed by atoms with Crippen LogP contribution in [0.1, 0.15) is 33.3 Å². The molecule has 0 spiro atoms. The van der Waals surface area contributed by atoms with Crippen LogP contribution in [-0.2, 0) is 11.3 Å². The number of hydrogen-bond donors (Lipinski definition) is 2. The predicted molar refractivity (Wildman–Crippen MR) is 88.5 cm³/mol. The van der Waals surface area contributed by atoms with Crippen LogP contribution >= 0.6 is 11.6 Å². The molecular formula is C16H25ClN2O3. The van der Waals surface area contributed by atoms with Crippen molar-refractivity contribution in [3.8, 4) is 5.75 Å². The Kier molecular flexibility index (Phi) is 6.97. The van der Waals surface area contributed by atoms with E-state index in [0.29, 0.717) is 23.9 Å². The van der Waals surface area contributed by atoms with E-state index in [2.05, 4.69) is 10.6 Å². The Morgan fingerprint density at radius 1 is 1.36 bits per heavy atom. The fourth-order valence-corrected chi connectivity index (χ4v) is 2.09. The molecule has 0 heterocycles. The number of amides is 1. The molecule has 124 valence electrons. The molecule has 1 unspecified atom stereocenters. The summed E-state index contributed by atoms with van der Waals surface area (Å²) in [5, 5.41) is 6.63. The Hall–Kier alpha value is -1.46. The molecule has 2 N–H and O–H groups in total. The summed E-state index contributed by atoms with van der Waals surface area (Å²) in [7, 11) is 1.59. The van der Waals surface area contributed by atoms with Gasteiger partial charge in [-0.1, -0.05) is 17.7 Å². The maximum absolute atomic E-state index is 11.6. The molecule has 0 radical (unpaired) electrons. The minimum absolute atomic E-state index is 0.0384. The Morgan fingerprint density at radius 3 is 2.59 bits per heavy atom. The highest BCUT2D eigenvalue weighted by Gasteiger charge is 2.17. The van der Waals surface area contributed by atoms with Crippen molar-refractivity contribution in [3.63, 3.8) is 0 Å². The molecule has 1 atom stereocenters. The van der Waals surface area contributed by atoms with Crippen LogP contribution in [0.25, 0.3) is 0 Å². The lowest BCUT2D eigenvalue weighted by atomic mass is 10.2. The Bertz CT molecular complexity index is 501. The number of carbonyl (C=O) groups is 1. The summed E-state index contributed by atoms with van der Waals surface area (Å²) >= 11 is 6.08. The second-order valence-corrected chi connectivity index (χ2v) is 6.55. The average Bonchev–Trinajstić information content (AvgIpc) is 2.36. The zero-order valence-electron chi connectivity index (χ0n) is 13.8. The van der Waals surface area contributed by atoms with E-state index in [4.69, 9.17) is 21.1 Å². The average molecular weight is 329 g/mol. The normalized spacial score (nSPS) is 12.6. The van der Waals surface area contributed by atoms with E-state index in [1.165, 1.54) is 0 Å². The first-order valence-corrected chi connectivity index (χ1v) is 7.61. The van der Waals surface area contributed by atoms with Gasteiger partial charge in [-0.25, -0.2) is 4.79 Å². The van der Waals surface area contributed by atoms with Gasteiger partial charge in [0.05, 0.1) is 12.1 Å². The number of methoxy groups -OCH3 is 1. The molecule has 0 saturated heterocycles. The third-order valence-corrected chi connectivity index (χ3v) is 3.05. The summed E-state index contributed by atoms with van der Waals surface area (Å²) < 4.78 is 10.3. The van der Waals surface area contributed by atoms with Crippen molar-refractivity contribution in [2.24, 2.45) is 0 Å². The highest BCUT2D eigenvalue weighted by Crippen LogP contribution is 2.24. The van der Waals surface area contributed by atoms with E-state index in [1.807, 2.05) is 45.9 Å². The van der Waals surface area contributed by atoms with E-state index >= 15 is 0 Å². The molecule has 0 aromatic heterocycles. The SMILES string of the molecule is COc1ccc(CNCC(C)NC(=O)OC(C)(C)C)cc1Cl. The van der Waals surface area contributed by atoms with Gasteiger partial charge in [0.1, 0.15) is 11.4 Å². The van der Waals surface area contributed by atoms with Gasteiger partial charge in [-0.2, -0.15) is 0 Å². The summed E-state index contributed by atoms with van der Waals surface area (Å²) in [4.78, 5) is 11.6. The van der Waals surface area contributed by atoms with Crippen LogP contribution in [0.5, 0.6) is 5.75 Å². The van der Waals surface area contributed by atoms with Crippen molar-refractivity contribution in [1.82, 2.24) is 10.6 Å². The standard InChI is InChI=1S/C16H25ClN2O3/c1-11(19-15(20)22-16(2,3)4)9-18-10-12-6-7-14(21-5)13(17)8-12/h6-8,11,18H,9-10H2,1-5H3,(H,19,20). The van der Waals surface area contributed by atoms with Crippen molar-refractivity contribution in [2.45, 2.75) is 45.9 Å². The lowest BCUT2D eigenvalue weighted by molar-refractivity contribution is 0.0508. The molecule has 1 amide bonds. The minimum Gasteiger partial charge on any atom is -0.495 e. The molecule has 0 aliphatic rings. The molecule has 1 aromatic rings. The molecule has 0 saturated carbocycles. The van der Waals surface area contributed by atoms with Crippen molar-refractivity contribution < 1.29 is 14.3 Å². The smallest absolute Gasteiger partial charge is 0.407 e. The molecule has 6 heteroatoms. The first-order valence-electron chi connectivity index (χ1n) is 7.24. The Balaban J connectivity index is 2.34. The van der Waals surface area contributed by atoms with E-state index in [-0.39, 0.29) is 6.04 Å². The quantitative estimate of drug-likeness (QED) is 0.840. The largest absolute Gasteiger partial charge is 0.495 e. The molecular weight excluding hydrogens is 304 g/mol. The Labute approximate surface area is 137 Å². The van der Waals surface area contributed by atoms with Crippen LogP contribution in [-0.4, -0.2) is 31.4 Å². The van der Waals surface area contributed by atoms with Crippen molar-refractivity contribution in [1.29, 1.82) is 0 Å². The number of rotatable bonds is 6. The van der Waals surface area contributed by atoms with E-state index in [1.54, 1.807) is 7.11 Å². The molecule has 1 aromatic carbocycles. The minimum atomic E-state index is -0.489. The van der Waals surface area contributed by atoms with Gasteiger partial charge in [0, 0.05) is 19.1 Å². The molecule has 1 rings (SSSR count). The lowest BCUT2D eigenvalue weighted by Gasteiger charge is -2.22. The van der Waals surface area contributed by atoms with Gasteiger partial charge >= 0.3 is 6.09 Å². The zero-order valence-corrected chi connectivity index (χ0v) is 14.6. The van der Waals surface area contributed by atoms with E-state index < -0.39 is 11.7 Å². The lowest BCUT2D eigenvalue weighted by Crippen LogP contribution is -2.42. The number of halogens is 1. The second kappa shape index (κ2) is 8.25. The number of benzene rings is 1. The topological polar surface area (TPSA) is 59.6 Å². The van der Waals surface area contributed by atoms with Gasteiger partial charge in [0.25, 0.3) is 0 Å².